The normalized spacial score (nSPS) is 10.1. The number of hydrogen-bond donors (Lipinski definition) is 2. The molecule has 6 heteroatoms. The maximum Gasteiger partial charge on any atom is 0.303 e. The van der Waals surface area contributed by atoms with Crippen molar-refractivity contribution in [2.24, 2.45) is 0 Å². The largest absolute Gasteiger partial charge is 0.481 e. The Morgan fingerprint density at radius 1 is 1.14 bits per heavy atom. The first-order valence-electron chi connectivity index (χ1n) is 6.28. The molecule has 2 N–H and O–H groups in total. The highest BCUT2D eigenvalue weighted by molar-refractivity contribution is 6.29. The second-order valence-electron chi connectivity index (χ2n) is 4.41. The smallest absolute Gasteiger partial charge is 0.303 e. The minimum atomic E-state index is -0.831. The molecule has 0 saturated carbocycles. The predicted octanol–water partition coefficient (Wildman–Crippen LogP) is 3.00. The van der Waals surface area contributed by atoms with Gasteiger partial charge >= 0.3 is 5.97 Å². The summed E-state index contributed by atoms with van der Waals surface area (Å²) >= 11 is 5.66. The second kappa shape index (κ2) is 6.85. The lowest BCUT2D eigenvalue weighted by Crippen LogP contribution is -2.12. The lowest BCUT2D eigenvalue weighted by molar-refractivity contribution is -0.136. The highest BCUT2D eigenvalue weighted by Crippen LogP contribution is 2.13. The lowest BCUT2D eigenvalue weighted by Gasteiger charge is -2.06. The van der Waals surface area contributed by atoms with Crippen molar-refractivity contribution in [3.63, 3.8) is 0 Å². The molecule has 108 valence electrons. The van der Waals surface area contributed by atoms with Crippen molar-refractivity contribution in [1.29, 1.82) is 0 Å². The Bertz CT molecular complexity index is 639. The van der Waals surface area contributed by atoms with Gasteiger partial charge in [0.05, 0.1) is 5.56 Å². The monoisotopic (exact) mass is 304 g/mol. The third-order valence-electron chi connectivity index (χ3n) is 2.83. The minimum absolute atomic E-state index is 0.0855. The summed E-state index contributed by atoms with van der Waals surface area (Å²) in [5, 5.41) is 11.7. The Morgan fingerprint density at radius 2 is 1.86 bits per heavy atom. The number of carboxylic acids is 1. The maximum absolute atomic E-state index is 12.0. The van der Waals surface area contributed by atoms with Gasteiger partial charge in [-0.05, 0) is 36.2 Å². The van der Waals surface area contributed by atoms with Crippen molar-refractivity contribution < 1.29 is 14.7 Å². The Labute approximate surface area is 126 Å². The van der Waals surface area contributed by atoms with Crippen LogP contribution < -0.4 is 5.32 Å². The van der Waals surface area contributed by atoms with Crippen molar-refractivity contribution in [1.82, 2.24) is 4.98 Å². The molecule has 1 aromatic carbocycles. The maximum atomic E-state index is 12.0. The molecule has 0 atom stereocenters. The summed E-state index contributed by atoms with van der Waals surface area (Å²) < 4.78 is 0. The number of carbonyl (C=O) groups is 2. The summed E-state index contributed by atoms with van der Waals surface area (Å²) in [6.07, 6.45) is 1.95. The molecule has 1 amide bonds. The molecule has 1 heterocycles. The van der Waals surface area contributed by atoms with E-state index in [9.17, 15) is 9.59 Å². The molecule has 0 unspecified atom stereocenters. The van der Waals surface area contributed by atoms with E-state index in [-0.39, 0.29) is 12.3 Å². The Balaban J connectivity index is 1.98. The van der Waals surface area contributed by atoms with Crippen molar-refractivity contribution in [2.45, 2.75) is 12.8 Å². The number of hydrogen-bond acceptors (Lipinski definition) is 3. The quantitative estimate of drug-likeness (QED) is 0.832. The number of carbonyl (C=O) groups excluding carboxylic acids is 1. The van der Waals surface area contributed by atoms with Crippen LogP contribution in [0.2, 0.25) is 5.15 Å². The van der Waals surface area contributed by atoms with E-state index in [0.29, 0.717) is 22.8 Å². The number of amides is 1. The number of benzene rings is 1. The average Bonchev–Trinajstić information content (AvgIpc) is 2.47. The fraction of sp³-hybridized carbons (Fsp3) is 0.133. The molecular weight excluding hydrogens is 292 g/mol. The lowest BCUT2D eigenvalue weighted by atomic mass is 10.1. The first-order chi connectivity index (χ1) is 10.0. The van der Waals surface area contributed by atoms with Gasteiger partial charge in [-0.15, -0.1) is 0 Å². The summed E-state index contributed by atoms with van der Waals surface area (Å²) in [6.45, 7) is 0. The van der Waals surface area contributed by atoms with Gasteiger partial charge in [0.2, 0.25) is 0 Å². The van der Waals surface area contributed by atoms with Crippen LogP contribution in [0.3, 0.4) is 0 Å². The van der Waals surface area contributed by atoms with Gasteiger partial charge in [0.15, 0.2) is 0 Å². The standard InChI is InChI=1S/C15H13ClN2O3/c16-13-7-4-11(9-17-13)15(21)18-12-5-1-10(2-6-12)3-8-14(19)20/h1-2,4-7,9H,3,8H2,(H,18,21)(H,19,20). The minimum Gasteiger partial charge on any atom is -0.481 e. The number of aliphatic carboxylic acids is 1. The molecule has 0 spiro atoms. The van der Waals surface area contributed by atoms with Crippen molar-refractivity contribution in [2.75, 3.05) is 5.32 Å². The molecule has 21 heavy (non-hydrogen) atoms. The van der Waals surface area contributed by atoms with Crippen LogP contribution in [0.4, 0.5) is 5.69 Å². The Morgan fingerprint density at radius 3 is 2.43 bits per heavy atom. The Kier molecular flexibility index (Phi) is 4.90. The summed E-state index contributed by atoms with van der Waals surface area (Å²) in [7, 11) is 0. The number of pyridine rings is 1. The van der Waals surface area contributed by atoms with Crippen LogP contribution in [0.5, 0.6) is 0 Å². The number of nitrogens with one attached hydrogen (secondary N) is 1. The van der Waals surface area contributed by atoms with Gasteiger partial charge in [-0.3, -0.25) is 9.59 Å². The zero-order chi connectivity index (χ0) is 15.2. The van der Waals surface area contributed by atoms with E-state index in [1.54, 1.807) is 36.4 Å². The molecule has 0 bridgehead atoms. The van der Waals surface area contributed by atoms with Gasteiger partial charge in [-0.2, -0.15) is 0 Å². The van der Waals surface area contributed by atoms with E-state index in [2.05, 4.69) is 10.3 Å². The van der Waals surface area contributed by atoms with E-state index < -0.39 is 5.97 Å². The number of rotatable bonds is 5. The molecule has 2 aromatic rings. The third-order valence-corrected chi connectivity index (χ3v) is 3.05. The number of anilines is 1. The van der Waals surface area contributed by atoms with Crippen LogP contribution in [0, 0.1) is 0 Å². The summed E-state index contributed by atoms with van der Waals surface area (Å²) in [5.74, 6) is -1.11. The Hall–Kier alpha value is -2.40. The molecule has 1 aromatic heterocycles. The molecular formula is C15H13ClN2O3. The molecule has 0 radical (unpaired) electrons. The third kappa shape index (κ3) is 4.57. The van der Waals surface area contributed by atoms with E-state index >= 15 is 0 Å². The van der Waals surface area contributed by atoms with Crippen LogP contribution in [0.15, 0.2) is 42.6 Å². The van der Waals surface area contributed by atoms with Gasteiger partial charge in [0.25, 0.3) is 5.91 Å². The van der Waals surface area contributed by atoms with E-state index in [4.69, 9.17) is 16.7 Å². The molecule has 0 aliphatic rings. The van der Waals surface area contributed by atoms with Gasteiger partial charge in [0, 0.05) is 18.3 Å². The van der Waals surface area contributed by atoms with E-state index in [1.165, 1.54) is 6.20 Å². The van der Waals surface area contributed by atoms with Crippen molar-refractivity contribution in [3.8, 4) is 0 Å². The van der Waals surface area contributed by atoms with E-state index in [0.717, 1.165) is 5.56 Å². The van der Waals surface area contributed by atoms with Crippen LogP contribution in [-0.2, 0) is 11.2 Å². The number of aromatic nitrogens is 1. The van der Waals surface area contributed by atoms with Gasteiger partial charge in [0.1, 0.15) is 5.15 Å². The molecule has 0 aliphatic heterocycles. The second-order valence-corrected chi connectivity index (χ2v) is 4.80. The van der Waals surface area contributed by atoms with Gasteiger partial charge < -0.3 is 10.4 Å². The average molecular weight is 305 g/mol. The first kappa shape index (κ1) is 15.0. The summed E-state index contributed by atoms with van der Waals surface area (Å²) in [4.78, 5) is 26.3. The predicted molar refractivity (Wildman–Crippen MR) is 79.6 cm³/mol. The number of aryl methyl sites for hydroxylation is 1. The van der Waals surface area contributed by atoms with Crippen molar-refractivity contribution in [3.05, 3.63) is 58.9 Å². The number of carboxylic acid groups (broad SMARTS) is 1. The molecule has 2 rings (SSSR count). The fourth-order valence-electron chi connectivity index (χ4n) is 1.72. The summed E-state index contributed by atoms with van der Waals surface area (Å²) in [5.41, 5.74) is 1.95. The first-order valence-corrected chi connectivity index (χ1v) is 6.66. The molecule has 5 nitrogen and oxygen atoms in total. The van der Waals surface area contributed by atoms with Gasteiger partial charge in [-0.25, -0.2) is 4.98 Å². The van der Waals surface area contributed by atoms with Crippen LogP contribution in [0.25, 0.3) is 0 Å². The highest BCUT2D eigenvalue weighted by atomic mass is 35.5. The molecule has 0 aliphatic carbocycles. The van der Waals surface area contributed by atoms with E-state index in [1.807, 2.05) is 0 Å². The van der Waals surface area contributed by atoms with Crippen LogP contribution >= 0.6 is 11.6 Å². The van der Waals surface area contributed by atoms with Crippen molar-refractivity contribution >= 4 is 29.2 Å². The molecule has 0 saturated heterocycles. The highest BCUT2D eigenvalue weighted by Gasteiger charge is 2.06. The zero-order valence-corrected chi connectivity index (χ0v) is 11.8. The van der Waals surface area contributed by atoms with Crippen LogP contribution in [-0.4, -0.2) is 22.0 Å². The number of halogens is 1. The van der Waals surface area contributed by atoms with Gasteiger partial charge in [-0.1, -0.05) is 23.7 Å². The SMILES string of the molecule is O=C(O)CCc1ccc(NC(=O)c2ccc(Cl)nc2)cc1. The van der Waals surface area contributed by atoms with Crippen LogP contribution in [0.1, 0.15) is 22.3 Å². The summed E-state index contributed by atoms with van der Waals surface area (Å²) in [6, 6.07) is 10.2. The number of nitrogens with zero attached hydrogens (tertiary/aromatic N) is 1. The fourth-order valence-corrected chi connectivity index (χ4v) is 1.83. The topological polar surface area (TPSA) is 79.3 Å². The zero-order valence-electron chi connectivity index (χ0n) is 11.0. The molecule has 0 fully saturated rings.